The van der Waals surface area contributed by atoms with Crippen molar-refractivity contribution in [2.75, 3.05) is 23.8 Å². The van der Waals surface area contributed by atoms with Gasteiger partial charge in [0.2, 0.25) is 0 Å². The summed E-state index contributed by atoms with van der Waals surface area (Å²) in [6.45, 7) is 3.04. The zero-order valence-corrected chi connectivity index (χ0v) is 8.55. The van der Waals surface area contributed by atoms with Crippen LogP contribution in [0, 0.1) is 5.82 Å². The summed E-state index contributed by atoms with van der Waals surface area (Å²) >= 11 is 0. The molecule has 0 saturated carbocycles. The summed E-state index contributed by atoms with van der Waals surface area (Å²) in [4.78, 5) is 2.09. The quantitative estimate of drug-likeness (QED) is 0.682. The lowest BCUT2D eigenvalue weighted by Crippen LogP contribution is -2.19. The highest BCUT2D eigenvalue weighted by atomic mass is 19.1. The number of fused-ring (bicyclic) bond motifs is 1. The Hall–Kier alpha value is -1.25. The molecule has 0 amide bonds. The zero-order valence-electron chi connectivity index (χ0n) is 8.55. The average Bonchev–Trinajstić information content (AvgIpc) is 2.30. The third kappa shape index (κ3) is 1.54. The van der Waals surface area contributed by atoms with Gasteiger partial charge >= 0.3 is 0 Å². The molecule has 1 N–H and O–H groups in total. The Morgan fingerprint density at radius 3 is 3.07 bits per heavy atom. The number of nitrogens with zero attached hydrogens (tertiary/aromatic N) is 1. The van der Waals surface area contributed by atoms with E-state index in [1.54, 1.807) is 6.07 Å². The first-order valence-corrected chi connectivity index (χ1v) is 4.94. The highest BCUT2D eigenvalue weighted by molar-refractivity contribution is 5.71. The smallest absolute Gasteiger partial charge is 0.148 e. The summed E-state index contributed by atoms with van der Waals surface area (Å²) in [6.07, 6.45) is 1.03. The molecule has 1 aliphatic rings. The molecule has 0 fully saturated rings. The van der Waals surface area contributed by atoms with Gasteiger partial charge in [0.15, 0.2) is 0 Å². The van der Waals surface area contributed by atoms with E-state index in [1.165, 1.54) is 6.07 Å². The fourth-order valence-corrected chi connectivity index (χ4v) is 1.80. The molecule has 76 valence electrons. The van der Waals surface area contributed by atoms with Crippen molar-refractivity contribution >= 4 is 11.4 Å². The molecule has 0 aliphatic carbocycles. The summed E-state index contributed by atoms with van der Waals surface area (Å²) in [6, 6.07) is 5.53. The number of halogens is 1. The van der Waals surface area contributed by atoms with Gasteiger partial charge in [-0.15, -0.1) is 0 Å². The van der Waals surface area contributed by atoms with Gasteiger partial charge in [-0.3, -0.25) is 0 Å². The number of rotatable bonds is 0. The fourth-order valence-electron chi connectivity index (χ4n) is 1.80. The third-order valence-electron chi connectivity index (χ3n) is 2.69. The van der Waals surface area contributed by atoms with Crippen molar-refractivity contribution in [3.63, 3.8) is 0 Å². The number of para-hydroxylation sites is 1. The molecule has 1 heterocycles. The van der Waals surface area contributed by atoms with Gasteiger partial charge < -0.3 is 10.2 Å². The standard InChI is InChI=1S/C11H15FN2/c1-8-6-7-14(2)10-5-3-4-9(12)11(10)13-8/h3-5,8,13H,6-7H2,1-2H3. The SMILES string of the molecule is CC1CCN(C)c2cccc(F)c2N1. The maximum absolute atomic E-state index is 13.5. The molecule has 1 aromatic rings. The molecule has 0 aromatic heterocycles. The molecule has 1 aliphatic heterocycles. The van der Waals surface area contributed by atoms with Crippen LogP contribution in [0.1, 0.15) is 13.3 Å². The minimum Gasteiger partial charge on any atom is -0.378 e. The second kappa shape index (κ2) is 3.48. The van der Waals surface area contributed by atoms with Crippen LogP contribution in [0.2, 0.25) is 0 Å². The minimum absolute atomic E-state index is 0.164. The molecule has 2 nitrogen and oxygen atoms in total. The van der Waals surface area contributed by atoms with E-state index in [-0.39, 0.29) is 5.82 Å². The van der Waals surface area contributed by atoms with Gasteiger partial charge in [0.05, 0.1) is 11.4 Å². The van der Waals surface area contributed by atoms with Crippen molar-refractivity contribution in [1.82, 2.24) is 0 Å². The van der Waals surface area contributed by atoms with Crippen LogP contribution in [0.5, 0.6) is 0 Å². The first kappa shape index (κ1) is 9.31. The largest absolute Gasteiger partial charge is 0.378 e. The summed E-state index contributed by atoms with van der Waals surface area (Å²) in [5.41, 5.74) is 1.59. The summed E-state index contributed by atoms with van der Waals surface area (Å²) < 4.78 is 13.5. The number of benzene rings is 1. The molecule has 14 heavy (non-hydrogen) atoms. The van der Waals surface area contributed by atoms with Gasteiger partial charge in [-0.25, -0.2) is 4.39 Å². The molecule has 3 heteroatoms. The normalized spacial score (nSPS) is 21.1. The molecule has 1 unspecified atom stereocenters. The molecule has 0 radical (unpaired) electrons. The van der Waals surface area contributed by atoms with Crippen molar-refractivity contribution in [2.24, 2.45) is 0 Å². The van der Waals surface area contributed by atoms with Crippen LogP contribution in [-0.4, -0.2) is 19.6 Å². The van der Waals surface area contributed by atoms with E-state index in [9.17, 15) is 4.39 Å². The van der Waals surface area contributed by atoms with E-state index in [4.69, 9.17) is 0 Å². The second-order valence-corrected chi connectivity index (χ2v) is 3.89. The van der Waals surface area contributed by atoms with Crippen LogP contribution in [0.4, 0.5) is 15.8 Å². The Kier molecular flexibility index (Phi) is 2.32. The fraction of sp³-hybridized carbons (Fsp3) is 0.455. The molecular weight excluding hydrogens is 179 g/mol. The lowest BCUT2D eigenvalue weighted by atomic mass is 10.2. The van der Waals surface area contributed by atoms with E-state index in [0.717, 1.165) is 18.7 Å². The molecule has 1 atom stereocenters. The van der Waals surface area contributed by atoms with Crippen LogP contribution in [0.25, 0.3) is 0 Å². The summed E-state index contributed by atoms with van der Waals surface area (Å²) in [5, 5.41) is 3.20. The van der Waals surface area contributed by atoms with Crippen LogP contribution in [0.3, 0.4) is 0 Å². The van der Waals surface area contributed by atoms with Crippen LogP contribution in [-0.2, 0) is 0 Å². The van der Waals surface area contributed by atoms with Gasteiger partial charge in [-0.2, -0.15) is 0 Å². The van der Waals surface area contributed by atoms with Gasteiger partial charge in [-0.05, 0) is 25.5 Å². The number of nitrogens with one attached hydrogen (secondary N) is 1. The minimum atomic E-state index is -0.164. The van der Waals surface area contributed by atoms with Gasteiger partial charge in [0, 0.05) is 19.6 Å². The summed E-state index contributed by atoms with van der Waals surface area (Å²) in [7, 11) is 2.00. The van der Waals surface area contributed by atoms with E-state index in [0.29, 0.717) is 11.7 Å². The average molecular weight is 194 g/mol. The van der Waals surface area contributed by atoms with Crippen LogP contribution < -0.4 is 10.2 Å². The maximum Gasteiger partial charge on any atom is 0.148 e. The Morgan fingerprint density at radius 2 is 2.29 bits per heavy atom. The predicted octanol–water partition coefficient (Wildman–Crippen LogP) is 2.47. The Labute approximate surface area is 83.7 Å². The van der Waals surface area contributed by atoms with Crippen molar-refractivity contribution < 1.29 is 4.39 Å². The zero-order chi connectivity index (χ0) is 10.1. The van der Waals surface area contributed by atoms with Crippen molar-refractivity contribution in [1.29, 1.82) is 0 Å². The topological polar surface area (TPSA) is 15.3 Å². The van der Waals surface area contributed by atoms with Gasteiger partial charge in [-0.1, -0.05) is 6.07 Å². The predicted molar refractivity (Wildman–Crippen MR) is 57.4 cm³/mol. The summed E-state index contributed by atoms with van der Waals surface area (Å²) in [5.74, 6) is -0.164. The highest BCUT2D eigenvalue weighted by Crippen LogP contribution is 2.31. The highest BCUT2D eigenvalue weighted by Gasteiger charge is 2.18. The van der Waals surface area contributed by atoms with E-state index >= 15 is 0 Å². The second-order valence-electron chi connectivity index (χ2n) is 3.89. The van der Waals surface area contributed by atoms with Crippen LogP contribution >= 0.6 is 0 Å². The molecule has 0 saturated heterocycles. The van der Waals surface area contributed by atoms with E-state index < -0.39 is 0 Å². The van der Waals surface area contributed by atoms with Crippen molar-refractivity contribution in [3.05, 3.63) is 24.0 Å². The van der Waals surface area contributed by atoms with E-state index in [1.807, 2.05) is 13.1 Å². The number of anilines is 2. The Morgan fingerprint density at radius 1 is 1.50 bits per heavy atom. The molecule has 1 aromatic carbocycles. The molecular formula is C11H15FN2. The Balaban J connectivity index is 2.46. The molecule has 2 rings (SSSR count). The number of hydrogen-bond donors (Lipinski definition) is 1. The monoisotopic (exact) mass is 194 g/mol. The maximum atomic E-state index is 13.5. The van der Waals surface area contributed by atoms with Gasteiger partial charge in [0.25, 0.3) is 0 Å². The van der Waals surface area contributed by atoms with Crippen LogP contribution in [0.15, 0.2) is 18.2 Å². The first-order chi connectivity index (χ1) is 6.68. The van der Waals surface area contributed by atoms with Crippen molar-refractivity contribution in [3.8, 4) is 0 Å². The van der Waals surface area contributed by atoms with Gasteiger partial charge in [0.1, 0.15) is 5.82 Å². The first-order valence-electron chi connectivity index (χ1n) is 4.94. The lowest BCUT2D eigenvalue weighted by molar-refractivity contribution is 0.627. The lowest BCUT2D eigenvalue weighted by Gasteiger charge is -2.18. The Bertz CT molecular complexity index is 338. The molecule has 0 spiro atoms. The molecule has 0 bridgehead atoms. The third-order valence-corrected chi connectivity index (χ3v) is 2.69. The van der Waals surface area contributed by atoms with E-state index in [2.05, 4.69) is 17.1 Å². The van der Waals surface area contributed by atoms with Crippen molar-refractivity contribution in [2.45, 2.75) is 19.4 Å². The number of hydrogen-bond acceptors (Lipinski definition) is 2.